The van der Waals surface area contributed by atoms with Crippen LogP contribution in [0.3, 0.4) is 0 Å². The summed E-state index contributed by atoms with van der Waals surface area (Å²) in [6.07, 6.45) is 1.50. The van der Waals surface area contributed by atoms with Gasteiger partial charge in [-0.05, 0) is 0 Å². The Kier molecular flexibility index (Phi) is 3.48. The van der Waals surface area contributed by atoms with Crippen LogP contribution in [0, 0.1) is 0 Å². The van der Waals surface area contributed by atoms with Crippen LogP contribution in [0.25, 0.3) is 11.2 Å². The zero-order valence-corrected chi connectivity index (χ0v) is 11.4. The molecule has 0 unspecified atom stereocenters. The van der Waals surface area contributed by atoms with E-state index in [4.69, 9.17) is 0 Å². The van der Waals surface area contributed by atoms with Gasteiger partial charge in [-0.15, -0.1) is 0 Å². The summed E-state index contributed by atoms with van der Waals surface area (Å²) >= 11 is 0. The third-order valence-corrected chi connectivity index (χ3v) is 1.98. The third-order valence-electron chi connectivity index (χ3n) is 1.98. The summed E-state index contributed by atoms with van der Waals surface area (Å²) in [6.45, 7) is 0. The van der Waals surface area contributed by atoms with E-state index in [1.54, 1.807) is 18.7 Å². The number of imidazole rings is 1. The molecule has 0 radical (unpaired) electrons. The molecule has 0 amide bonds. The Bertz CT molecular complexity index is 579. The Hall–Kier alpha value is -0.214. The van der Waals surface area contributed by atoms with Crippen molar-refractivity contribution in [3.05, 3.63) is 27.2 Å². The molecule has 2 aromatic heterocycles. The van der Waals surface area contributed by atoms with Gasteiger partial charge in [0.15, 0.2) is 11.2 Å². The van der Waals surface area contributed by atoms with Crippen LogP contribution < -0.4 is 62.6 Å². The smallest absolute Gasteiger partial charge is 0.328 e. The predicted molar refractivity (Wildman–Crippen MR) is 46.6 cm³/mol. The number of aryl methyl sites for hydroxylation is 2. The summed E-state index contributed by atoms with van der Waals surface area (Å²) in [7, 11) is 3.27. The minimum atomic E-state index is -0.448. The van der Waals surface area contributed by atoms with Gasteiger partial charge in [-0.3, -0.25) is 14.3 Å². The number of nitrogens with one attached hydrogen (secondary N) is 1. The van der Waals surface area contributed by atoms with Crippen LogP contribution in [-0.4, -0.2) is 19.1 Å². The van der Waals surface area contributed by atoms with Crippen molar-refractivity contribution in [3.8, 4) is 0 Å². The number of nitrogens with zero attached hydrogens (tertiary/aromatic N) is 3. The summed E-state index contributed by atoms with van der Waals surface area (Å²) in [5, 5.41) is 0. The van der Waals surface area contributed by atoms with Crippen LogP contribution in [0.15, 0.2) is 15.9 Å². The fraction of sp³-hybridized carbons (Fsp3) is 0.286. The molecule has 1 N–H and O–H groups in total. The van der Waals surface area contributed by atoms with Gasteiger partial charge >= 0.3 is 57.1 Å². The second kappa shape index (κ2) is 4.11. The molecule has 0 aliphatic heterocycles. The Morgan fingerprint density at radius 2 is 2.00 bits per heavy atom. The van der Waals surface area contributed by atoms with Crippen molar-refractivity contribution in [1.29, 1.82) is 0 Å². The van der Waals surface area contributed by atoms with Crippen LogP contribution in [0.5, 0.6) is 0 Å². The fourth-order valence-corrected chi connectivity index (χ4v) is 1.26. The molecule has 0 aliphatic rings. The molecule has 2 rings (SSSR count). The summed E-state index contributed by atoms with van der Waals surface area (Å²) in [6, 6.07) is 0. The zero-order valence-electron chi connectivity index (χ0n) is 8.24. The Balaban J connectivity index is 0.000000980. The molecule has 0 spiro atoms. The first-order valence-corrected chi connectivity index (χ1v) is 3.71. The molecule has 0 saturated heterocycles. The minimum absolute atomic E-state index is 0. The van der Waals surface area contributed by atoms with Crippen LogP contribution in [0.1, 0.15) is 0 Å². The Morgan fingerprint density at radius 1 is 1.36 bits per heavy atom. The van der Waals surface area contributed by atoms with Gasteiger partial charge in [0.05, 0.1) is 6.33 Å². The summed E-state index contributed by atoms with van der Waals surface area (Å²) in [5.41, 5.74) is -0.0485. The van der Waals surface area contributed by atoms with Crippen LogP contribution in [0.4, 0.5) is 0 Å². The number of hydrogen-bond acceptors (Lipinski definition) is 3. The van der Waals surface area contributed by atoms with Crippen molar-refractivity contribution >= 4 is 11.2 Å². The van der Waals surface area contributed by atoms with E-state index in [1.165, 1.54) is 10.9 Å². The number of aromatic nitrogens is 4. The van der Waals surface area contributed by atoms with E-state index < -0.39 is 11.2 Å². The van der Waals surface area contributed by atoms with Gasteiger partial charge in [-0.1, -0.05) is 0 Å². The number of H-pyrrole nitrogens is 1. The van der Waals surface area contributed by atoms with E-state index in [0.29, 0.717) is 11.2 Å². The molecule has 0 aromatic carbocycles. The zero-order chi connectivity index (χ0) is 9.59. The Labute approximate surface area is 121 Å². The first kappa shape index (κ1) is 11.9. The molecular weight excluding hydrogens is 211 g/mol. The van der Waals surface area contributed by atoms with Gasteiger partial charge in [0.1, 0.15) is 0 Å². The number of hydrogen-bond donors (Lipinski definition) is 1. The topological polar surface area (TPSA) is 72.7 Å². The SMILES string of the molecule is Cn1cnc2c1c(=O)[nH]c(=O)n2C.[K+]. The first-order chi connectivity index (χ1) is 6.11. The van der Waals surface area contributed by atoms with Crippen molar-refractivity contribution in [1.82, 2.24) is 19.1 Å². The maximum Gasteiger partial charge on any atom is 1.00 e. The van der Waals surface area contributed by atoms with Crippen molar-refractivity contribution in [2.75, 3.05) is 0 Å². The van der Waals surface area contributed by atoms with Gasteiger partial charge in [-0.2, -0.15) is 0 Å². The monoisotopic (exact) mass is 219 g/mol. The minimum Gasteiger partial charge on any atom is -0.328 e. The summed E-state index contributed by atoms with van der Waals surface area (Å²) in [5.74, 6) is 0. The van der Waals surface area contributed by atoms with E-state index in [9.17, 15) is 9.59 Å². The van der Waals surface area contributed by atoms with Gasteiger partial charge in [-0.25, -0.2) is 9.78 Å². The molecule has 0 bridgehead atoms. The largest absolute Gasteiger partial charge is 1.00 e. The van der Waals surface area contributed by atoms with E-state index in [2.05, 4.69) is 9.97 Å². The fourth-order valence-electron chi connectivity index (χ4n) is 1.26. The van der Waals surface area contributed by atoms with E-state index in [-0.39, 0.29) is 51.4 Å². The molecule has 0 aliphatic carbocycles. The van der Waals surface area contributed by atoms with Crippen LogP contribution in [0.2, 0.25) is 0 Å². The molecule has 2 heterocycles. The van der Waals surface area contributed by atoms with Crippen LogP contribution >= 0.6 is 0 Å². The van der Waals surface area contributed by atoms with E-state index >= 15 is 0 Å². The van der Waals surface area contributed by atoms with Gasteiger partial charge < -0.3 is 4.57 Å². The van der Waals surface area contributed by atoms with Crippen LogP contribution in [-0.2, 0) is 14.1 Å². The summed E-state index contributed by atoms with van der Waals surface area (Å²) in [4.78, 5) is 28.6. The second-order valence-corrected chi connectivity index (χ2v) is 2.85. The normalized spacial score (nSPS) is 10.1. The summed E-state index contributed by atoms with van der Waals surface area (Å²) < 4.78 is 2.88. The van der Waals surface area contributed by atoms with Gasteiger partial charge in [0.25, 0.3) is 5.56 Å². The van der Waals surface area contributed by atoms with Gasteiger partial charge in [0.2, 0.25) is 0 Å². The second-order valence-electron chi connectivity index (χ2n) is 2.85. The molecule has 68 valence electrons. The predicted octanol–water partition coefficient (Wildman–Crippen LogP) is -4.04. The number of fused-ring (bicyclic) bond motifs is 1. The van der Waals surface area contributed by atoms with E-state index in [0.717, 1.165) is 0 Å². The molecule has 14 heavy (non-hydrogen) atoms. The third kappa shape index (κ3) is 1.65. The molecule has 0 atom stereocenters. The molecule has 7 heteroatoms. The number of rotatable bonds is 0. The maximum absolute atomic E-state index is 11.3. The first-order valence-electron chi connectivity index (χ1n) is 3.71. The standard InChI is InChI=1S/C7H8N4O2.K/c1-10-3-8-5-4(10)6(12)9-7(13)11(5)2;/h3H,1-2H3,(H,9,12,13);/q;+1. The van der Waals surface area contributed by atoms with Crippen molar-refractivity contribution < 1.29 is 51.4 Å². The molecule has 0 fully saturated rings. The number of aromatic amines is 1. The molecule has 2 aromatic rings. The van der Waals surface area contributed by atoms with E-state index in [1.807, 2.05) is 0 Å². The molecular formula is C7H8KN4O2+. The quantitative estimate of drug-likeness (QED) is 0.459. The average Bonchev–Trinajstić information content (AvgIpc) is 2.44. The molecule has 6 nitrogen and oxygen atoms in total. The average molecular weight is 219 g/mol. The van der Waals surface area contributed by atoms with Gasteiger partial charge in [0, 0.05) is 14.1 Å². The van der Waals surface area contributed by atoms with Crippen molar-refractivity contribution in [2.24, 2.45) is 14.1 Å². The molecule has 0 saturated carbocycles. The Morgan fingerprint density at radius 3 is 2.64 bits per heavy atom. The van der Waals surface area contributed by atoms with Crippen molar-refractivity contribution in [3.63, 3.8) is 0 Å². The maximum atomic E-state index is 11.3. The van der Waals surface area contributed by atoms with Crippen molar-refractivity contribution in [2.45, 2.75) is 0 Å².